The number of carbonyl (C=O) groups excluding carboxylic acids is 16. The molecule has 0 amide bonds. The molecule has 41 unspecified atom stereocenters. The number of hydrogen-bond acceptors (Lipinski definition) is 33. The second kappa shape index (κ2) is 38.1. The number of fused-ring (bicyclic) bond motifs is 8. The summed E-state index contributed by atoms with van der Waals surface area (Å²) in [6.07, 6.45) is -3.58. The van der Waals surface area contributed by atoms with E-state index >= 15 is 0 Å². The normalized spacial score (nSPS) is 41.2. The van der Waals surface area contributed by atoms with Crippen molar-refractivity contribution in [1.82, 2.24) is 0 Å². The average Bonchev–Trinajstić information content (AvgIpc) is 1.73. The van der Waals surface area contributed by atoms with Crippen molar-refractivity contribution in [3.63, 3.8) is 0 Å². The molecule has 47 heteroatoms. The van der Waals surface area contributed by atoms with Gasteiger partial charge in [0, 0.05) is 121 Å². The van der Waals surface area contributed by atoms with Crippen LogP contribution >= 0.6 is 0 Å². The molecular formula is C100H122F14O33. The van der Waals surface area contributed by atoms with E-state index in [0.717, 1.165) is 79.1 Å². The Hall–Kier alpha value is -9.50. The van der Waals surface area contributed by atoms with Crippen molar-refractivity contribution in [3.05, 3.63) is 0 Å². The number of esters is 16. The fourth-order valence-corrected chi connectivity index (χ4v) is 28.2. The minimum atomic E-state index is -4.67. The summed E-state index contributed by atoms with van der Waals surface area (Å²) < 4.78 is 263. The van der Waals surface area contributed by atoms with Crippen LogP contribution in [0.4, 0.5) is 61.5 Å². The van der Waals surface area contributed by atoms with Crippen LogP contribution in [0.25, 0.3) is 0 Å². The van der Waals surface area contributed by atoms with Crippen molar-refractivity contribution < 1.29 is 219 Å². The Bertz CT molecular complexity index is 4980. The van der Waals surface area contributed by atoms with Crippen LogP contribution in [0.1, 0.15) is 193 Å². The SMILES string of the molecule is CC(C)(C(=O)OC1C2CC3C(=O)OC1C3C2)C(F)(F)F.CC(C)(C(=O)OCC1C2CC3C(=O)OC1C3C2)C(F)(F)F.CC(C)(F)C(=O)OC1C2CC3C(=O)OC1C3C2.CC(C)(F)C(=O)OC1C2CC3C(=O)OC1C3C2.CC(C)(F)C(=O)OC1C2CC3C(=O)OC1C3C2.CC(C)(F)C(=O)OCC1C2CC3C(=O)OC1C3C2.CC(F)(F)C(=O)OC1C2CC3C1OC(=O)C3C2CO.CC(F)(F)C(=O)OCC1C2CC3C(=O)OC1C3C2. The highest BCUT2D eigenvalue weighted by atomic mass is 19.4. The molecule has 0 spiro atoms. The predicted molar refractivity (Wildman–Crippen MR) is 457 cm³/mol. The summed E-state index contributed by atoms with van der Waals surface area (Å²) in [4.78, 5) is 184. The summed E-state index contributed by atoms with van der Waals surface area (Å²) >= 11 is 0. The van der Waals surface area contributed by atoms with Gasteiger partial charge in [0.1, 0.15) is 79.4 Å². The lowest BCUT2D eigenvalue weighted by Gasteiger charge is -2.31. The highest BCUT2D eigenvalue weighted by Crippen LogP contribution is 2.65. The monoisotopic (exact) mass is 2120 g/mol. The predicted octanol–water partition coefficient (Wildman–Crippen LogP) is 11.3. The molecule has 41 atom stereocenters. The summed E-state index contributed by atoms with van der Waals surface area (Å²) in [6, 6.07) is 0. The van der Waals surface area contributed by atoms with E-state index in [9.17, 15) is 143 Å². The van der Waals surface area contributed by atoms with Gasteiger partial charge in [0.15, 0.2) is 10.8 Å². The number of halogens is 14. The molecule has 0 aromatic heterocycles. The lowest BCUT2D eigenvalue weighted by atomic mass is 9.79. The van der Waals surface area contributed by atoms with Gasteiger partial charge in [-0.1, -0.05) is 0 Å². The van der Waals surface area contributed by atoms with E-state index in [1.54, 1.807) is 0 Å². The molecule has 0 aromatic carbocycles. The van der Waals surface area contributed by atoms with Gasteiger partial charge in [-0.15, -0.1) is 0 Å². The van der Waals surface area contributed by atoms with Gasteiger partial charge < -0.3 is 80.9 Å². The Morgan fingerprint density at radius 1 is 0.245 bits per heavy atom. The molecule has 24 rings (SSSR count). The van der Waals surface area contributed by atoms with Gasteiger partial charge in [-0.25, -0.2) is 46.3 Å². The van der Waals surface area contributed by atoms with E-state index in [1.165, 1.54) is 55.4 Å². The molecule has 24 fully saturated rings. The second-order valence-electron chi connectivity index (χ2n) is 47.7. The maximum absolute atomic E-state index is 13.4. The van der Waals surface area contributed by atoms with E-state index in [0.29, 0.717) is 70.6 Å². The minimum absolute atomic E-state index is 0.000649. The zero-order valence-corrected chi connectivity index (χ0v) is 82.9. The molecule has 147 heavy (non-hydrogen) atoms. The van der Waals surface area contributed by atoms with Gasteiger partial charge in [0.2, 0.25) is 22.7 Å². The molecule has 0 aromatic rings. The topological polar surface area (TPSA) is 441 Å². The van der Waals surface area contributed by atoms with Crippen LogP contribution in [0.2, 0.25) is 0 Å². The van der Waals surface area contributed by atoms with Crippen molar-refractivity contribution in [1.29, 1.82) is 0 Å². The molecule has 818 valence electrons. The smallest absolute Gasteiger partial charge is 0.404 e. The second-order valence-corrected chi connectivity index (χ2v) is 47.7. The van der Waals surface area contributed by atoms with Crippen LogP contribution in [-0.4, -0.2) is 253 Å². The van der Waals surface area contributed by atoms with Crippen LogP contribution in [0.5, 0.6) is 0 Å². The van der Waals surface area contributed by atoms with E-state index in [2.05, 4.69) is 4.74 Å². The van der Waals surface area contributed by atoms with Crippen molar-refractivity contribution in [2.24, 2.45) is 177 Å². The number of ether oxygens (including phenoxy) is 16. The van der Waals surface area contributed by atoms with Crippen molar-refractivity contribution >= 4 is 95.5 Å². The third-order valence-electron chi connectivity index (χ3n) is 36.1. The highest BCUT2D eigenvalue weighted by molar-refractivity contribution is 5.85. The number of carbonyl (C=O) groups is 16. The summed E-state index contributed by atoms with van der Waals surface area (Å²) in [5.74, 6) is -17.1. The molecule has 16 saturated carbocycles. The first-order valence-electron chi connectivity index (χ1n) is 50.4. The van der Waals surface area contributed by atoms with Crippen LogP contribution in [0.15, 0.2) is 0 Å². The molecule has 1 N–H and O–H groups in total. The first-order chi connectivity index (χ1) is 68.0. The van der Waals surface area contributed by atoms with E-state index in [4.69, 9.17) is 71.1 Å². The van der Waals surface area contributed by atoms with Crippen molar-refractivity contribution in [2.75, 3.05) is 26.4 Å². The lowest BCUT2D eigenvalue weighted by molar-refractivity contribution is -0.231. The standard InChI is InChI=1S/C14H17F3O4.C13H15F3O4.C13H17FO4.C12H14F2O5.C12H14F2O4.3C12H15FO4/c1-13(2,14(15,16)17)12(19)20-5-9-6-3-7-8(4-6)11(18)21-10(7)9;1-12(2,13(14,15)16)11(18)20-8-5-3-6-7(4-5)10(17)19-9(6)8;1-13(2,14)12(16)17-5-9-6-3-7-8(4-6)11(15)18-10(7)9;1-12(13,14)11(17)19-8-4-2-5-7(6(4)3-15)10(16)18-9(5)8;1-12(13,14)11(16)17-4-8-5-2-6-7(3-5)10(15)18-9(6)8;3*1-12(2,13)11(15)17-8-5-3-6-7(4-5)10(14)16-9(6)8/h6-10H,3-5H2,1-2H3;5-9H,3-4H2,1-2H3;6-10H,3-5H2,1-2H3;4-9,15H,2-3H2,1H3;5-9H,2-4H2,1H3;3*5-9H,3-4H2,1-2H3. The fourth-order valence-electron chi connectivity index (χ4n) is 28.2. The summed E-state index contributed by atoms with van der Waals surface area (Å²) in [6.45, 7) is 13.3. The zero-order valence-electron chi connectivity index (χ0n) is 82.9. The number of alkyl halides is 14. The molecule has 0 radical (unpaired) electrons. The summed E-state index contributed by atoms with van der Waals surface area (Å²) in [7, 11) is 0. The molecule has 16 aliphatic carbocycles. The number of aliphatic hydroxyl groups is 1. The Morgan fingerprint density at radius 3 is 0.741 bits per heavy atom. The minimum Gasteiger partial charge on any atom is -0.465 e. The van der Waals surface area contributed by atoms with Crippen LogP contribution < -0.4 is 0 Å². The van der Waals surface area contributed by atoms with Gasteiger partial charge in [0.25, 0.3) is 0 Å². The van der Waals surface area contributed by atoms with Crippen LogP contribution in [0, 0.1) is 177 Å². The van der Waals surface area contributed by atoms with Gasteiger partial charge in [-0.2, -0.15) is 43.9 Å². The third kappa shape index (κ3) is 19.8. The molecule has 33 nitrogen and oxygen atoms in total. The Morgan fingerprint density at radius 2 is 0.469 bits per heavy atom. The van der Waals surface area contributed by atoms with Crippen LogP contribution in [-0.2, 0) is 153 Å². The summed E-state index contributed by atoms with van der Waals surface area (Å²) in [5, 5.41) is 9.34. The van der Waals surface area contributed by atoms with Crippen molar-refractivity contribution in [3.8, 4) is 0 Å². The zero-order chi connectivity index (χ0) is 108. The molecule has 24 aliphatic rings. The van der Waals surface area contributed by atoms with E-state index in [1.807, 2.05) is 0 Å². The average molecular weight is 2120 g/mol. The number of rotatable bonds is 20. The number of aliphatic hydroxyl groups excluding tert-OH is 1. The molecule has 8 aliphatic heterocycles. The third-order valence-corrected chi connectivity index (χ3v) is 36.1. The molecule has 8 heterocycles. The van der Waals surface area contributed by atoms with Crippen LogP contribution in [0.3, 0.4) is 0 Å². The Kier molecular flexibility index (Phi) is 28.2. The van der Waals surface area contributed by atoms with Gasteiger partial charge in [0.05, 0.1) is 67.2 Å². The van der Waals surface area contributed by atoms with Gasteiger partial charge in [-0.3, -0.25) is 47.9 Å². The highest BCUT2D eigenvalue weighted by Gasteiger charge is 2.73. The molecule has 8 saturated heterocycles. The maximum Gasteiger partial charge on any atom is 0.404 e. The van der Waals surface area contributed by atoms with E-state index < -0.39 is 154 Å². The molecule has 16 bridgehead atoms. The van der Waals surface area contributed by atoms with Gasteiger partial charge >= 0.3 is 120 Å². The lowest BCUT2D eigenvalue weighted by Crippen LogP contribution is -2.45. The van der Waals surface area contributed by atoms with Crippen molar-refractivity contribution in [2.45, 2.75) is 319 Å². The largest absolute Gasteiger partial charge is 0.465 e. The quantitative estimate of drug-likeness (QED) is 0.0672. The van der Waals surface area contributed by atoms with E-state index in [-0.39, 0.29) is 259 Å². The Balaban J connectivity index is 0.000000115. The number of hydrogen-bond donors (Lipinski definition) is 1. The first kappa shape index (κ1) is 109. The molecular weight excluding hydrogens is 2000 g/mol. The Labute approximate surface area is 833 Å². The maximum atomic E-state index is 13.4. The van der Waals surface area contributed by atoms with Gasteiger partial charge in [-0.05, 0) is 197 Å². The summed E-state index contributed by atoms with van der Waals surface area (Å²) in [5.41, 5.74) is -13.0. The fraction of sp³-hybridized carbons (Fsp3) is 0.840. The first-order valence-corrected chi connectivity index (χ1v) is 50.4.